The zero-order valence-electron chi connectivity index (χ0n) is 24.7. The Morgan fingerprint density at radius 3 is 2.39 bits per heavy atom. The molecule has 1 unspecified atom stereocenters. The second kappa shape index (κ2) is 11.9. The predicted octanol–water partition coefficient (Wildman–Crippen LogP) is 2.91. The molecule has 1 N–H and O–H groups in total. The average molecular weight is 565 g/mol. The van der Waals surface area contributed by atoms with Gasteiger partial charge in [-0.2, -0.15) is 0 Å². The van der Waals surface area contributed by atoms with Gasteiger partial charge in [0.25, 0.3) is 5.56 Å². The number of pyridine rings is 2. The van der Waals surface area contributed by atoms with Gasteiger partial charge in [0.2, 0.25) is 0 Å². The standard InChI is InChI=1S/C29H34N4O6.C2H6/c1-4-29(36,17-34)22-12-24-27-20(15-33(24)28(35)21(22)16-37-3)19(14-32-7-5-31(2)6-8-32)18-11-25-26(13-23(18)30-27)39-10-9-38-25;1-2/h11-13,17,36H,4-10,14-16H2,1-3H3;1-2H3. The molecule has 0 amide bonds. The van der Waals surface area contributed by atoms with Gasteiger partial charge in [-0.1, -0.05) is 20.8 Å². The molecule has 0 saturated carbocycles. The molecular formula is C31H40N4O6. The molecule has 1 fully saturated rings. The largest absolute Gasteiger partial charge is 0.486 e. The molecule has 0 aliphatic carbocycles. The van der Waals surface area contributed by atoms with Crippen molar-refractivity contribution in [2.24, 2.45) is 0 Å². The lowest BCUT2D eigenvalue weighted by Gasteiger charge is -2.33. The van der Waals surface area contributed by atoms with Crippen molar-refractivity contribution in [3.05, 3.63) is 50.8 Å². The third-order valence-electron chi connectivity index (χ3n) is 8.29. The number of fused-ring (bicyclic) bond motifs is 5. The van der Waals surface area contributed by atoms with Gasteiger partial charge in [-0.3, -0.25) is 14.5 Å². The first-order chi connectivity index (χ1) is 19.9. The summed E-state index contributed by atoms with van der Waals surface area (Å²) in [7, 11) is 3.63. The molecule has 0 bridgehead atoms. The van der Waals surface area contributed by atoms with Crippen LogP contribution in [0.25, 0.3) is 22.3 Å². The van der Waals surface area contributed by atoms with E-state index in [1.54, 1.807) is 17.6 Å². The van der Waals surface area contributed by atoms with Crippen molar-refractivity contribution >= 4 is 17.2 Å². The maximum Gasteiger partial charge on any atom is 0.257 e. The summed E-state index contributed by atoms with van der Waals surface area (Å²) in [6.07, 6.45) is 0.635. The molecule has 10 nitrogen and oxygen atoms in total. The van der Waals surface area contributed by atoms with Gasteiger partial charge in [0.1, 0.15) is 18.8 Å². The molecule has 220 valence electrons. The third-order valence-corrected chi connectivity index (χ3v) is 8.29. The minimum Gasteiger partial charge on any atom is -0.486 e. The molecule has 1 aromatic carbocycles. The van der Waals surface area contributed by atoms with Crippen LogP contribution in [0.15, 0.2) is 23.0 Å². The summed E-state index contributed by atoms with van der Waals surface area (Å²) < 4.78 is 18.8. The third kappa shape index (κ3) is 5.14. The van der Waals surface area contributed by atoms with E-state index in [1.807, 2.05) is 26.0 Å². The van der Waals surface area contributed by atoms with Crippen LogP contribution in [-0.2, 0) is 34.8 Å². The van der Waals surface area contributed by atoms with E-state index < -0.39 is 5.60 Å². The van der Waals surface area contributed by atoms with Crippen molar-refractivity contribution in [1.82, 2.24) is 19.4 Å². The number of hydrogen-bond donors (Lipinski definition) is 1. The first-order valence-electron chi connectivity index (χ1n) is 14.5. The highest BCUT2D eigenvalue weighted by molar-refractivity contribution is 5.90. The minimum atomic E-state index is -1.80. The quantitative estimate of drug-likeness (QED) is 0.339. The number of hydrogen-bond acceptors (Lipinski definition) is 9. The molecule has 1 saturated heterocycles. The van der Waals surface area contributed by atoms with Gasteiger partial charge in [-0.25, -0.2) is 4.98 Å². The number of carbonyl (C=O) groups excluding carboxylic acids is 1. The second-order valence-electron chi connectivity index (χ2n) is 10.7. The Balaban J connectivity index is 0.00000165. The topological polar surface area (TPSA) is 106 Å². The van der Waals surface area contributed by atoms with E-state index in [2.05, 4.69) is 16.8 Å². The summed E-state index contributed by atoms with van der Waals surface area (Å²) in [6, 6.07) is 5.67. The number of rotatable bonds is 7. The van der Waals surface area contributed by atoms with Gasteiger partial charge in [0, 0.05) is 68.0 Å². The first kappa shape index (κ1) is 29.2. The Morgan fingerprint density at radius 2 is 1.76 bits per heavy atom. The fourth-order valence-corrected chi connectivity index (χ4v) is 5.91. The van der Waals surface area contributed by atoms with Crippen molar-refractivity contribution in [1.29, 1.82) is 0 Å². The van der Waals surface area contributed by atoms with Gasteiger partial charge < -0.3 is 28.8 Å². The van der Waals surface area contributed by atoms with Crippen LogP contribution in [0, 0.1) is 0 Å². The summed E-state index contributed by atoms with van der Waals surface area (Å²) in [5.41, 5.74) is 2.60. The normalized spacial score (nSPS) is 17.8. The Kier molecular flexibility index (Phi) is 8.47. The minimum absolute atomic E-state index is 0.00804. The van der Waals surface area contributed by atoms with E-state index in [1.165, 1.54) is 7.11 Å². The predicted molar refractivity (Wildman–Crippen MR) is 157 cm³/mol. The highest BCUT2D eigenvalue weighted by atomic mass is 16.6. The molecule has 3 aliphatic rings. The van der Waals surface area contributed by atoms with Crippen LogP contribution < -0.4 is 15.0 Å². The lowest BCUT2D eigenvalue weighted by molar-refractivity contribution is -0.125. The molecule has 41 heavy (non-hydrogen) atoms. The van der Waals surface area contributed by atoms with Crippen molar-refractivity contribution in [2.75, 3.05) is 53.6 Å². The zero-order chi connectivity index (χ0) is 29.3. The second-order valence-corrected chi connectivity index (χ2v) is 10.7. The van der Waals surface area contributed by atoms with Gasteiger partial charge in [-0.15, -0.1) is 0 Å². The number of nitrogens with zero attached hydrogens (tertiary/aromatic N) is 4. The van der Waals surface area contributed by atoms with Crippen LogP contribution in [0.1, 0.15) is 49.4 Å². The smallest absolute Gasteiger partial charge is 0.257 e. The molecule has 6 rings (SSSR count). The van der Waals surface area contributed by atoms with E-state index in [-0.39, 0.29) is 29.7 Å². The number of methoxy groups -OCH3 is 1. The summed E-state index contributed by atoms with van der Waals surface area (Å²) in [4.78, 5) is 35.7. The van der Waals surface area contributed by atoms with Crippen LogP contribution >= 0.6 is 0 Å². The number of carbonyl (C=O) groups is 1. The zero-order valence-corrected chi connectivity index (χ0v) is 24.7. The highest BCUT2D eigenvalue weighted by Crippen LogP contribution is 2.42. The fraction of sp³-hybridized carbons (Fsp3) is 0.516. The summed E-state index contributed by atoms with van der Waals surface area (Å²) >= 11 is 0. The van der Waals surface area contributed by atoms with Crippen molar-refractivity contribution in [3.63, 3.8) is 0 Å². The lowest BCUT2D eigenvalue weighted by Crippen LogP contribution is -2.44. The number of aromatic nitrogens is 2. The van der Waals surface area contributed by atoms with E-state index >= 15 is 0 Å². The Labute approximate surface area is 240 Å². The van der Waals surface area contributed by atoms with E-state index in [0.29, 0.717) is 55.5 Å². The van der Waals surface area contributed by atoms with Gasteiger partial charge >= 0.3 is 0 Å². The van der Waals surface area contributed by atoms with Crippen molar-refractivity contribution < 1.29 is 24.1 Å². The summed E-state index contributed by atoms with van der Waals surface area (Å²) in [6.45, 7) is 11.6. The molecule has 0 spiro atoms. The van der Waals surface area contributed by atoms with E-state index in [9.17, 15) is 14.7 Å². The van der Waals surface area contributed by atoms with Crippen LogP contribution in [0.5, 0.6) is 11.5 Å². The number of ether oxygens (including phenoxy) is 3. The fourth-order valence-electron chi connectivity index (χ4n) is 5.91. The molecular weight excluding hydrogens is 524 g/mol. The highest BCUT2D eigenvalue weighted by Gasteiger charge is 2.36. The van der Waals surface area contributed by atoms with Gasteiger partial charge in [0.05, 0.1) is 30.1 Å². The Morgan fingerprint density at radius 1 is 1.07 bits per heavy atom. The van der Waals surface area contributed by atoms with Gasteiger partial charge in [-0.05, 0) is 31.2 Å². The van der Waals surface area contributed by atoms with Crippen molar-refractivity contribution in [2.45, 2.75) is 52.5 Å². The number of likely N-dealkylation sites (N-methyl/N-ethyl adjacent to an activating group) is 1. The monoisotopic (exact) mass is 564 g/mol. The molecule has 1 atom stereocenters. The molecule has 2 aromatic heterocycles. The van der Waals surface area contributed by atoms with Crippen LogP contribution in [0.3, 0.4) is 0 Å². The van der Waals surface area contributed by atoms with Crippen LogP contribution in [-0.4, -0.2) is 84.3 Å². The summed E-state index contributed by atoms with van der Waals surface area (Å²) in [5, 5.41) is 12.2. The Bertz CT molecular complexity index is 1510. The van der Waals surface area contributed by atoms with Gasteiger partial charge in [0.15, 0.2) is 17.8 Å². The van der Waals surface area contributed by atoms with Crippen molar-refractivity contribution in [3.8, 4) is 22.9 Å². The number of aliphatic hydroxyl groups is 1. The molecule has 0 radical (unpaired) electrons. The Hall–Kier alpha value is -3.31. The number of aldehydes is 1. The van der Waals surface area contributed by atoms with E-state index in [4.69, 9.17) is 19.2 Å². The van der Waals surface area contributed by atoms with Crippen LogP contribution in [0.2, 0.25) is 0 Å². The number of benzene rings is 1. The first-order valence-corrected chi connectivity index (χ1v) is 14.5. The lowest BCUT2D eigenvalue weighted by atomic mass is 9.89. The van der Waals surface area contributed by atoms with Crippen LogP contribution in [0.4, 0.5) is 0 Å². The summed E-state index contributed by atoms with van der Waals surface area (Å²) in [5.74, 6) is 1.35. The molecule has 5 heterocycles. The SMILES string of the molecule is CC.CCC(O)(C=O)c1cc2n(c(=O)c1COC)Cc1c-2nc2cc3c(cc2c1CN1CCN(C)CC1)OCCO3. The molecule has 3 aromatic rings. The molecule has 10 heteroatoms. The average Bonchev–Trinajstić information content (AvgIpc) is 3.37. The molecule has 3 aliphatic heterocycles. The number of piperazine rings is 1. The maximum absolute atomic E-state index is 13.8. The maximum atomic E-state index is 13.8. The van der Waals surface area contributed by atoms with E-state index in [0.717, 1.165) is 48.2 Å².